The molecule has 0 aliphatic rings. The molecule has 2 aromatic heterocycles. The highest BCUT2D eigenvalue weighted by Gasteiger charge is 2.17. The van der Waals surface area contributed by atoms with Crippen molar-refractivity contribution in [2.75, 3.05) is 17.2 Å². The number of hydrogen-bond acceptors (Lipinski definition) is 6. The van der Waals surface area contributed by atoms with Crippen LogP contribution >= 0.6 is 11.3 Å². The van der Waals surface area contributed by atoms with Crippen LogP contribution in [0.5, 0.6) is 5.75 Å². The fourth-order valence-corrected chi connectivity index (χ4v) is 4.52. The number of carbonyl (C=O) groups is 1. The number of nitrogens with zero attached hydrogens (tertiary/aromatic N) is 2. The number of aromatic nitrogens is 2. The fraction of sp³-hybridized carbons (Fsp3) is 0.208. The molecule has 0 spiro atoms. The van der Waals surface area contributed by atoms with Crippen molar-refractivity contribution >= 4 is 39.0 Å². The summed E-state index contributed by atoms with van der Waals surface area (Å²) in [5.41, 5.74) is 4.84. The van der Waals surface area contributed by atoms with Gasteiger partial charge in [-0.25, -0.2) is 9.97 Å². The van der Waals surface area contributed by atoms with Gasteiger partial charge in [0.05, 0.1) is 11.1 Å². The number of hydrogen-bond donors (Lipinski definition) is 3. The van der Waals surface area contributed by atoms with E-state index in [9.17, 15) is 9.90 Å². The second-order valence-electron chi connectivity index (χ2n) is 7.55. The van der Waals surface area contributed by atoms with Crippen molar-refractivity contribution in [3.8, 4) is 16.9 Å². The van der Waals surface area contributed by atoms with Gasteiger partial charge in [0.1, 0.15) is 22.7 Å². The van der Waals surface area contributed by atoms with Crippen LogP contribution in [-0.4, -0.2) is 27.5 Å². The van der Waals surface area contributed by atoms with Crippen LogP contribution in [0.1, 0.15) is 22.4 Å². The van der Waals surface area contributed by atoms with E-state index in [-0.39, 0.29) is 18.1 Å². The Hall–Kier alpha value is -3.45. The molecule has 4 aromatic rings. The highest BCUT2D eigenvalue weighted by Crippen LogP contribution is 2.40. The van der Waals surface area contributed by atoms with E-state index in [2.05, 4.69) is 58.7 Å². The van der Waals surface area contributed by atoms with E-state index in [1.807, 2.05) is 6.92 Å². The molecule has 1 amide bonds. The average Bonchev–Trinajstić information content (AvgIpc) is 3.08. The molecule has 0 aliphatic carbocycles. The Morgan fingerprint density at radius 2 is 1.77 bits per heavy atom. The standard InChI is InChI=1S/C24H24N4O2S/c1-14-4-7-17(8-5-14)21-16(3)31-24-22(21)23(26-13-27-24)25-11-10-20(30)28-18-12-15(2)6-9-19(18)29/h4-9,12-13,29H,10-11H2,1-3H3,(H,28,30)(H,25,26,27). The van der Waals surface area contributed by atoms with E-state index in [0.717, 1.165) is 32.7 Å². The summed E-state index contributed by atoms with van der Waals surface area (Å²) in [6, 6.07) is 13.5. The molecule has 0 saturated carbocycles. The number of carbonyl (C=O) groups excluding carboxylic acids is 1. The molecule has 0 aliphatic heterocycles. The van der Waals surface area contributed by atoms with E-state index in [0.29, 0.717) is 12.2 Å². The van der Waals surface area contributed by atoms with Gasteiger partial charge in [-0.15, -0.1) is 11.3 Å². The number of phenolic OH excluding ortho intramolecular Hbond substituents is 1. The number of amides is 1. The van der Waals surface area contributed by atoms with Gasteiger partial charge in [0, 0.05) is 23.4 Å². The van der Waals surface area contributed by atoms with Gasteiger partial charge in [0.15, 0.2) is 0 Å². The Morgan fingerprint density at radius 1 is 1.03 bits per heavy atom. The minimum absolute atomic E-state index is 0.0564. The van der Waals surface area contributed by atoms with Crippen LogP contribution in [0.3, 0.4) is 0 Å². The summed E-state index contributed by atoms with van der Waals surface area (Å²) in [6.07, 6.45) is 1.78. The number of aromatic hydroxyl groups is 1. The lowest BCUT2D eigenvalue weighted by Crippen LogP contribution is -2.17. The lowest BCUT2D eigenvalue weighted by atomic mass is 10.0. The molecule has 0 unspecified atom stereocenters. The molecule has 0 radical (unpaired) electrons. The number of rotatable bonds is 6. The Kier molecular flexibility index (Phi) is 5.86. The van der Waals surface area contributed by atoms with E-state index >= 15 is 0 Å². The van der Waals surface area contributed by atoms with Crippen LogP contribution in [0.2, 0.25) is 0 Å². The zero-order chi connectivity index (χ0) is 22.0. The normalized spacial score (nSPS) is 10.9. The van der Waals surface area contributed by atoms with Crippen molar-refractivity contribution < 1.29 is 9.90 Å². The van der Waals surface area contributed by atoms with Gasteiger partial charge < -0.3 is 15.7 Å². The number of fused-ring (bicyclic) bond motifs is 1. The number of thiophene rings is 1. The molecular formula is C24H24N4O2S. The quantitative estimate of drug-likeness (QED) is 0.354. The molecule has 158 valence electrons. The topological polar surface area (TPSA) is 87.1 Å². The first-order valence-corrected chi connectivity index (χ1v) is 10.9. The van der Waals surface area contributed by atoms with Gasteiger partial charge in [0.25, 0.3) is 0 Å². The second kappa shape index (κ2) is 8.73. The van der Waals surface area contributed by atoms with Crippen LogP contribution in [0.4, 0.5) is 11.5 Å². The molecule has 0 bridgehead atoms. The van der Waals surface area contributed by atoms with Crippen molar-refractivity contribution in [2.24, 2.45) is 0 Å². The number of anilines is 2. The third kappa shape index (κ3) is 4.51. The van der Waals surface area contributed by atoms with Crippen LogP contribution in [-0.2, 0) is 4.79 Å². The van der Waals surface area contributed by atoms with Crippen LogP contribution in [0, 0.1) is 20.8 Å². The lowest BCUT2D eigenvalue weighted by molar-refractivity contribution is -0.116. The summed E-state index contributed by atoms with van der Waals surface area (Å²) in [6.45, 7) is 6.48. The van der Waals surface area contributed by atoms with Gasteiger partial charge in [-0.2, -0.15) is 0 Å². The van der Waals surface area contributed by atoms with Gasteiger partial charge in [-0.05, 0) is 44.0 Å². The maximum absolute atomic E-state index is 12.4. The monoisotopic (exact) mass is 432 g/mol. The molecule has 2 aromatic carbocycles. The van der Waals surface area contributed by atoms with Crippen molar-refractivity contribution in [3.05, 3.63) is 64.8 Å². The number of benzene rings is 2. The number of aryl methyl sites for hydroxylation is 3. The third-order valence-electron chi connectivity index (χ3n) is 5.08. The van der Waals surface area contributed by atoms with Crippen LogP contribution in [0.25, 0.3) is 21.3 Å². The summed E-state index contributed by atoms with van der Waals surface area (Å²) < 4.78 is 0. The first-order chi connectivity index (χ1) is 14.9. The Morgan fingerprint density at radius 3 is 2.55 bits per heavy atom. The summed E-state index contributed by atoms with van der Waals surface area (Å²) in [7, 11) is 0. The number of phenols is 1. The van der Waals surface area contributed by atoms with E-state index in [4.69, 9.17) is 0 Å². The summed E-state index contributed by atoms with van der Waals surface area (Å²) in [4.78, 5) is 23.3. The molecular weight excluding hydrogens is 408 g/mol. The van der Waals surface area contributed by atoms with Crippen molar-refractivity contribution in [2.45, 2.75) is 27.2 Å². The molecule has 0 fully saturated rings. The predicted octanol–water partition coefficient (Wildman–Crippen LogP) is 5.43. The summed E-state index contributed by atoms with van der Waals surface area (Å²) >= 11 is 1.64. The molecule has 0 saturated heterocycles. The highest BCUT2D eigenvalue weighted by molar-refractivity contribution is 7.19. The summed E-state index contributed by atoms with van der Waals surface area (Å²) in [5.74, 6) is 0.594. The number of nitrogens with one attached hydrogen (secondary N) is 2. The fourth-order valence-electron chi connectivity index (χ4n) is 3.50. The van der Waals surface area contributed by atoms with E-state index < -0.39 is 0 Å². The van der Waals surface area contributed by atoms with Crippen molar-refractivity contribution in [1.29, 1.82) is 0 Å². The minimum atomic E-state index is -0.182. The molecule has 3 N–H and O–H groups in total. The van der Waals surface area contributed by atoms with Gasteiger partial charge in [0.2, 0.25) is 5.91 Å². The smallest absolute Gasteiger partial charge is 0.226 e. The average molecular weight is 433 g/mol. The highest BCUT2D eigenvalue weighted by atomic mass is 32.1. The minimum Gasteiger partial charge on any atom is -0.506 e. The third-order valence-corrected chi connectivity index (χ3v) is 6.09. The molecule has 7 heteroatoms. The van der Waals surface area contributed by atoms with E-state index in [1.165, 1.54) is 10.4 Å². The molecule has 0 atom stereocenters. The molecule has 31 heavy (non-hydrogen) atoms. The van der Waals surface area contributed by atoms with Gasteiger partial charge >= 0.3 is 0 Å². The first kappa shape index (κ1) is 20.8. The van der Waals surface area contributed by atoms with Gasteiger partial charge in [-0.3, -0.25) is 4.79 Å². The molecule has 2 heterocycles. The maximum Gasteiger partial charge on any atom is 0.226 e. The van der Waals surface area contributed by atoms with Crippen molar-refractivity contribution in [1.82, 2.24) is 9.97 Å². The predicted molar refractivity (Wildman–Crippen MR) is 127 cm³/mol. The molecule has 4 rings (SSSR count). The second-order valence-corrected chi connectivity index (χ2v) is 8.75. The Balaban J connectivity index is 1.52. The lowest BCUT2D eigenvalue weighted by Gasteiger charge is -2.10. The Labute approximate surface area is 185 Å². The summed E-state index contributed by atoms with van der Waals surface area (Å²) in [5, 5.41) is 17.0. The largest absolute Gasteiger partial charge is 0.506 e. The van der Waals surface area contributed by atoms with E-state index in [1.54, 1.807) is 35.9 Å². The zero-order valence-corrected chi connectivity index (χ0v) is 18.5. The van der Waals surface area contributed by atoms with Crippen LogP contribution < -0.4 is 10.6 Å². The van der Waals surface area contributed by atoms with Gasteiger partial charge in [-0.1, -0.05) is 35.9 Å². The van der Waals surface area contributed by atoms with Crippen LogP contribution in [0.15, 0.2) is 48.8 Å². The molecule has 6 nitrogen and oxygen atoms in total. The van der Waals surface area contributed by atoms with Crippen molar-refractivity contribution in [3.63, 3.8) is 0 Å². The first-order valence-electron chi connectivity index (χ1n) is 10.1. The Bertz CT molecular complexity index is 1250. The zero-order valence-electron chi connectivity index (χ0n) is 17.7. The SMILES string of the molecule is Cc1ccc(-c2c(C)sc3ncnc(NCCC(=O)Nc4cc(C)ccc4O)c23)cc1. The maximum atomic E-state index is 12.4.